The van der Waals surface area contributed by atoms with Gasteiger partial charge in [-0.25, -0.2) is 4.98 Å². The summed E-state index contributed by atoms with van der Waals surface area (Å²) in [6.45, 7) is 2.50. The first-order chi connectivity index (χ1) is 7.10. The lowest BCUT2D eigenvalue weighted by atomic mass is 9.77. The number of hydrogen-bond donors (Lipinski definition) is 2. The standard InChI is InChI=1S/C10H15N3OS/c1-7-12-5-8(15-7)6-13-9(14)10(11)3-2-4-10/h5H,2-4,6,11H2,1H3,(H,13,14). The highest BCUT2D eigenvalue weighted by molar-refractivity contribution is 7.11. The Hall–Kier alpha value is -0.940. The number of aromatic nitrogens is 1. The number of hydrogen-bond acceptors (Lipinski definition) is 4. The molecule has 0 aromatic carbocycles. The molecule has 0 aliphatic heterocycles. The van der Waals surface area contributed by atoms with Crippen LogP contribution in [0.5, 0.6) is 0 Å². The molecule has 0 atom stereocenters. The molecule has 5 heteroatoms. The van der Waals surface area contributed by atoms with Gasteiger partial charge in [0.25, 0.3) is 0 Å². The van der Waals surface area contributed by atoms with Gasteiger partial charge < -0.3 is 11.1 Å². The van der Waals surface area contributed by atoms with E-state index in [9.17, 15) is 4.79 Å². The molecule has 1 aliphatic rings. The van der Waals surface area contributed by atoms with Gasteiger partial charge in [0, 0.05) is 11.1 Å². The van der Waals surface area contributed by atoms with Gasteiger partial charge in [0.05, 0.1) is 17.1 Å². The third-order valence-corrected chi connectivity index (χ3v) is 3.70. The summed E-state index contributed by atoms with van der Waals surface area (Å²) in [6, 6.07) is 0. The maximum absolute atomic E-state index is 11.7. The number of carbonyl (C=O) groups excluding carboxylic acids is 1. The molecule has 82 valence electrons. The SMILES string of the molecule is Cc1ncc(CNC(=O)C2(N)CCC2)s1. The number of carbonyl (C=O) groups is 1. The van der Waals surface area contributed by atoms with Crippen molar-refractivity contribution in [3.63, 3.8) is 0 Å². The van der Waals surface area contributed by atoms with E-state index >= 15 is 0 Å². The fraction of sp³-hybridized carbons (Fsp3) is 0.600. The topological polar surface area (TPSA) is 68.0 Å². The monoisotopic (exact) mass is 225 g/mol. The van der Waals surface area contributed by atoms with Gasteiger partial charge in [-0.15, -0.1) is 11.3 Å². The maximum Gasteiger partial charge on any atom is 0.240 e. The second-order valence-corrected chi connectivity index (χ2v) is 5.36. The lowest BCUT2D eigenvalue weighted by molar-refractivity contribution is -0.129. The van der Waals surface area contributed by atoms with Crippen molar-refractivity contribution < 1.29 is 4.79 Å². The Labute approximate surface area is 92.9 Å². The maximum atomic E-state index is 11.7. The summed E-state index contributed by atoms with van der Waals surface area (Å²) in [4.78, 5) is 16.9. The van der Waals surface area contributed by atoms with E-state index in [-0.39, 0.29) is 5.91 Å². The number of nitrogens with one attached hydrogen (secondary N) is 1. The van der Waals surface area contributed by atoms with Gasteiger partial charge in [0.2, 0.25) is 5.91 Å². The van der Waals surface area contributed by atoms with Crippen molar-refractivity contribution in [2.45, 2.75) is 38.3 Å². The molecule has 1 amide bonds. The second-order valence-electron chi connectivity index (χ2n) is 4.04. The molecule has 1 fully saturated rings. The molecular formula is C10H15N3OS. The van der Waals surface area contributed by atoms with E-state index in [0.717, 1.165) is 29.1 Å². The summed E-state index contributed by atoms with van der Waals surface area (Å²) in [5.41, 5.74) is 5.29. The van der Waals surface area contributed by atoms with Crippen LogP contribution in [0.2, 0.25) is 0 Å². The molecule has 15 heavy (non-hydrogen) atoms. The van der Waals surface area contributed by atoms with Gasteiger partial charge in [-0.1, -0.05) is 0 Å². The predicted molar refractivity (Wildman–Crippen MR) is 59.5 cm³/mol. The summed E-state index contributed by atoms with van der Waals surface area (Å²) < 4.78 is 0. The van der Waals surface area contributed by atoms with Crippen LogP contribution in [0.3, 0.4) is 0 Å². The molecule has 0 unspecified atom stereocenters. The molecule has 0 saturated heterocycles. The van der Waals surface area contributed by atoms with Crippen LogP contribution in [-0.4, -0.2) is 16.4 Å². The molecule has 1 saturated carbocycles. The predicted octanol–water partition coefficient (Wildman–Crippen LogP) is 0.949. The zero-order valence-electron chi connectivity index (χ0n) is 8.75. The average Bonchev–Trinajstić information content (AvgIpc) is 2.57. The fourth-order valence-corrected chi connectivity index (χ4v) is 2.35. The summed E-state index contributed by atoms with van der Waals surface area (Å²) in [7, 11) is 0. The fourth-order valence-electron chi connectivity index (χ4n) is 1.62. The zero-order chi connectivity index (χ0) is 10.9. The van der Waals surface area contributed by atoms with Gasteiger partial charge >= 0.3 is 0 Å². The van der Waals surface area contributed by atoms with Gasteiger partial charge in [0.15, 0.2) is 0 Å². The molecule has 0 bridgehead atoms. The van der Waals surface area contributed by atoms with E-state index in [1.807, 2.05) is 6.92 Å². The van der Waals surface area contributed by atoms with Crippen LogP contribution >= 0.6 is 11.3 Å². The molecule has 1 aromatic heterocycles. The lowest BCUT2D eigenvalue weighted by Gasteiger charge is -2.36. The van der Waals surface area contributed by atoms with Crippen molar-refractivity contribution in [1.82, 2.24) is 10.3 Å². The largest absolute Gasteiger partial charge is 0.350 e. The number of nitrogens with zero attached hydrogens (tertiary/aromatic N) is 1. The van der Waals surface area contributed by atoms with Crippen LogP contribution in [0.15, 0.2) is 6.20 Å². The molecular weight excluding hydrogens is 210 g/mol. The summed E-state index contributed by atoms with van der Waals surface area (Å²) >= 11 is 1.60. The van der Waals surface area contributed by atoms with Gasteiger partial charge in [-0.3, -0.25) is 4.79 Å². The quantitative estimate of drug-likeness (QED) is 0.804. The summed E-state index contributed by atoms with van der Waals surface area (Å²) in [6.07, 6.45) is 4.47. The highest BCUT2D eigenvalue weighted by Crippen LogP contribution is 2.29. The van der Waals surface area contributed by atoms with E-state index in [2.05, 4.69) is 10.3 Å². The first-order valence-corrected chi connectivity index (χ1v) is 5.90. The second kappa shape index (κ2) is 3.90. The van der Waals surface area contributed by atoms with Crippen LogP contribution in [0.25, 0.3) is 0 Å². The molecule has 1 heterocycles. The van der Waals surface area contributed by atoms with E-state index in [4.69, 9.17) is 5.73 Å². The van der Waals surface area contributed by atoms with Gasteiger partial charge in [-0.2, -0.15) is 0 Å². The molecule has 1 aromatic rings. The number of nitrogens with two attached hydrogens (primary N) is 1. The molecule has 0 radical (unpaired) electrons. The van der Waals surface area contributed by atoms with Crippen molar-refractivity contribution in [3.05, 3.63) is 16.1 Å². The van der Waals surface area contributed by atoms with Gasteiger partial charge in [-0.05, 0) is 26.2 Å². The molecule has 0 spiro atoms. The molecule has 3 N–H and O–H groups in total. The minimum atomic E-state index is -0.597. The van der Waals surface area contributed by atoms with Crippen molar-refractivity contribution in [1.29, 1.82) is 0 Å². The third kappa shape index (κ3) is 2.18. The minimum absolute atomic E-state index is 0.0280. The first-order valence-electron chi connectivity index (χ1n) is 5.09. The molecule has 2 rings (SSSR count). The van der Waals surface area contributed by atoms with Crippen molar-refractivity contribution in [2.75, 3.05) is 0 Å². The minimum Gasteiger partial charge on any atom is -0.350 e. The molecule has 4 nitrogen and oxygen atoms in total. The average molecular weight is 225 g/mol. The number of thiazole rings is 1. The van der Waals surface area contributed by atoms with Crippen LogP contribution in [0.1, 0.15) is 29.1 Å². The van der Waals surface area contributed by atoms with Crippen molar-refractivity contribution in [3.8, 4) is 0 Å². The Bertz CT molecular complexity index is 370. The lowest BCUT2D eigenvalue weighted by Crippen LogP contribution is -2.58. The normalized spacial score (nSPS) is 18.3. The van der Waals surface area contributed by atoms with Crippen LogP contribution < -0.4 is 11.1 Å². The third-order valence-electron chi connectivity index (χ3n) is 2.79. The number of amides is 1. The Morgan fingerprint density at radius 1 is 1.73 bits per heavy atom. The summed E-state index contributed by atoms with van der Waals surface area (Å²) in [5.74, 6) is -0.0280. The number of aryl methyl sites for hydroxylation is 1. The van der Waals surface area contributed by atoms with Crippen molar-refractivity contribution in [2.24, 2.45) is 5.73 Å². The van der Waals surface area contributed by atoms with Crippen LogP contribution in [-0.2, 0) is 11.3 Å². The highest BCUT2D eigenvalue weighted by Gasteiger charge is 2.39. The number of rotatable bonds is 3. The van der Waals surface area contributed by atoms with Crippen LogP contribution in [0, 0.1) is 6.92 Å². The van der Waals surface area contributed by atoms with Gasteiger partial charge in [0.1, 0.15) is 0 Å². The smallest absolute Gasteiger partial charge is 0.240 e. The van der Waals surface area contributed by atoms with Crippen molar-refractivity contribution >= 4 is 17.2 Å². The molecule has 1 aliphatic carbocycles. The van der Waals surface area contributed by atoms with E-state index in [1.54, 1.807) is 17.5 Å². The Kier molecular flexibility index (Phi) is 2.75. The van der Waals surface area contributed by atoms with E-state index in [0.29, 0.717) is 6.54 Å². The van der Waals surface area contributed by atoms with E-state index in [1.165, 1.54) is 0 Å². The van der Waals surface area contributed by atoms with E-state index < -0.39 is 5.54 Å². The Morgan fingerprint density at radius 3 is 2.93 bits per heavy atom. The Balaban J connectivity index is 1.85. The highest BCUT2D eigenvalue weighted by atomic mass is 32.1. The summed E-state index contributed by atoms with van der Waals surface area (Å²) in [5, 5.41) is 3.88. The zero-order valence-corrected chi connectivity index (χ0v) is 9.56. The Morgan fingerprint density at radius 2 is 2.47 bits per heavy atom. The first kappa shape index (κ1) is 10.6. The van der Waals surface area contributed by atoms with Crippen LogP contribution in [0.4, 0.5) is 0 Å².